The molecule has 0 aliphatic rings. The second-order valence-electron chi connectivity index (χ2n) is 7.83. The Morgan fingerprint density at radius 3 is 2.29 bits per heavy atom. The fraction of sp³-hybridized carbons (Fsp3) is 0.409. The summed E-state index contributed by atoms with van der Waals surface area (Å²) in [4.78, 5) is 4.46. The zero-order valence-electron chi connectivity index (χ0n) is 18.5. The van der Waals surface area contributed by atoms with Crippen molar-refractivity contribution in [3.8, 4) is 5.75 Å². The van der Waals surface area contributed by atoms with E-state index in [0.29, 0.717) is 31.2 Å². The number of benzene rings is 2. The molecule has 0 atom stereocenters. The van der Waals surface area contributed by atoms with E-state index in [0.717, 1.165) is 12.2 Å². The molecular weight excluding hydrogens is 527 g/mol. The molecular formula is C22H33IN4O3S. The number of rotatable bonds is 9. The minimum atomic E-state index is -3.62. The molecule has 7 nitrogen and oxygen atoms in total. The highest BCUT2D eigenvalue weighted by Gasteiger charge is 2.24. The van der Waals surface area contributed by atoms with Gasteiger partial charge in [-0.15, -0.1) is 24.0 Å². The monoisotopic (exact) mass is 560 g/mol. The van der Waals surface area contributed by atoms with Crippen molar-refractivity contribution in [1.82, 2.24) is 15.4 Å². The molecule has 0 fully saturated rings. The lowest BCUT2D eigenvalue weighted by Gasteiger charge is -2.22. The van der Waals surface area contributed by atoms with Gasteiger partial charge in [-0.05, 0) is 51.0 Å². The average molecular weight is 561 g/mol. The number of nitrogens with one attached hydrogen (secondary N) is 3. The molecule has 31 heavy (non-hydrogen) atoms. The van der Waals surface area contributed by atoms with Crippen LogP contribution in [0.5, 0.6) is 5.75 Å². The van der Waals surface area contributed by atoms with Gasteiger partial charge in [0, 0.05) is 25.7 Å². The van der Waals surface area contributed by atoms with Gasteiger partial charge in [0.05, 0.1) is 11.5 Å². The van der Waals surface area contributed by atoms with Crippen LogP contribution in [0.25, 0.3) is 0 Å². The SMILES string of the molecule is CN=C(NCCCOc1ccccc1)NCc1ccccc1S(=O)(=O)NC(C)(C)C.I. The van der Waals surface area contributed by atoms with Gasteiger partial charge in [0.25, 0.3) is 0 Å². The predicted octanol–water partition coefficient (Wildman–Crippen LogP) is 3.52. The molecule has 9 heteroatoms. The Hall–Kier alpha value is -1.85. The van der Waals surface area contributed by atoms with E-state index in [-0.39, 0.29) is 28.9 Å². The summed E-state index contributed by atoms with van der Waals surface area (Å²) in [6.07, 6.45) is 0.802. The van der Waals surface area contributed by atoms with Crippen LogP contribution in [0.2, 0.25) is 0 Å². The maximum Gasteiger partial charge on any atom is 0.241 e. The first kappa shape index (κ1) is 27.2. The van der Waals surface area contributed by atoms with Gasteiger partial charge in [0.15, 0.2) is 5.96 Å². The lowest BCUT2D eigenvalue weighted by atomic mass is 10.1. The lowest BCUT2D eigenvalue weighted by molar-refractivity contribution is 0.311. The molecule has 0 saturated heterocycles. The van der Waals surface area contributed by atoms with E-state index in [1.165, 1.54) is 0 Å². The molecule has 0 spiro atoms. The topological polar surface area (TPSA) is 91.8 Å². The van der Waals surface area contributed by atoms with Crippen LogP contribution in [0.15, 0.2) is 64.5 Å². The number of aliphatic imine (C=N–C) groups is 1. The van der Waals surface area contributed by atoms with Gasteiger partial charge in [-0.2, -0.15) is 0 Å². The van der Waals surface area contributed by atoms with Crippen LogP contribution < -0.4 is 20.1 Å². The Morgan fingerprint density at radius 1 is 1.00 bits per heavy atom. The molecule has 0 unspecified atom stereocenters. The largest absolute Gasteiger partial charge is 0.494 e. The molecule has 0 bridgehead atoms. The molecule has 0 heterocycles. The van der Waals surface area contributed by atoms with Gasteiger partial charge in [-0.3, -0.25) is 4.99 Å². The minimum absolute atomic E-state index is 0. The van der Waals surface area contributed by atoms with E-state index in [9.17, 15) is 8.42 Å². The van der Waals surface area contributed by atoms with Gasteiger partial charge < -0.3 is 15.4 Å². The van der Waals surface area contributed by atoms with Gasteiger partial charge in [0.2, 0.25) is 10.0 Å². The Bertz CT molecular complexity index is 929. The predicted molar refractivity (Wildman–Crippen MR) is 137 cm³/mol. The first-order valence-corrected chi connectivity index (χ1v) is 11.4. The number of ether oxygens (including phenoxy) is 1. The third kappa shape index (κ3) is 9.88. The molecule has 3 N–H and O–H groups in total. The van der Waals surface area contributed by atoms with Crippen LogP contribution in [-0.4, -0.2) is 40.1 Å². The van der Waals surface area contributed by atoms with E-state index < -0.39 is 15.6 Å². The fourth-order valence-corrected chi connectivity index (χ4v) is 4.41. The smallest absolute Gasteiger partial charge is 0.241 e. The quantitative estimate of drug-likeness (QED) is 0.189. The van der Waals surface area contributed by atoms with Crippen molar-refractivity contribution in [2.45, 2.75) is 44.2 Å². The number of guanidine groups is 1. The molecule has 2 aromatic carbocycles. The summed E-state index contributed by atoms with van der Waals surface area (Å²) in [6.45, 7) is 7.06. The zero-order chi connectivity index (χ0) is 22.0. The first-order valence-electron chi connectivity index (χ1n) is 9.95. The van der Waals surface area contributed by atoms with Crippen molar-refractivity contribution in [3.05, 3.63) is 60.2 Å². The molecule has 0 aromatic heterocycles. The van der Waals surface area contributed by atoms with Crippen LogP contribution in [0.1, 0.15) is 32.8 Å². The lowest BCUT2D eigenvalue weighted by Crippen LogP contribution is -2.41. The molecule has 0 aliphatic carbocycles. The Morgan fingerprint density at radius 2 is 1.65 bits per heavy atom. The average Bonchev–Trinajstić information content (AvgIpc) is 2.69. The highest BCUT2D eigenvalue weighted by atomic mass is 127. The number of nitrogens with zero attached hydrogens (tertiary/aromatic N) is 1. The molecule has 2 rings (SSSR count). The van der Waals surface area contributed by atoms with E-state index in [1.54, 1.807) is 25.2 Å². The number of sulfonamides is 1. The third-order valence-electron chi connectivity index (χ3n) is 4.00. The molecule has 172 valence electrons. The third-order valence-corrected chi connectivity index (χ3v) is 5.86. The van der Waals surface area contributed by atoms with Crippen LogP contribution >= 0.6 is 24.0 Å². The van der Waals surface area contributed by atoms with Crippen molar-refractivity contribution in [2.24, 2.45) is 4.99 Å². The number of hydrogen-bond donors (Lipinski definition) is 3. The first-order chi connectivity index (χ1) is 14.2. The molecule has 0 aliphatic heterocycles. The van der Waals surface area contributed by atoms with Crippen LogP contribution in [0.4, 0.5) is 0 Å². The van der Waals surface area contributed by atoms with Crippen molar-refractivity contribution >= 4 is 40.0 Å². The minimum Gasteiger partial charge on any atom is -0.494 e. The highest BCUT2D eigenvalue weighted by Crippen LogP contribution is 2.17. The Balaban J connectivity index is 0.00000480. The van der Waals surface area contributed by atoms with Gasteiger partial charge in [0.1, 0.15) is 5.75 Å². The molecule has 0 amide bonds. The van der Waals surface area contributed by atoms with Crippen molar-refractivity contribution in [1.29, 1.82) is 0 Å². The standard InChI is InChI=1S/C22H32N4O3S.HI/c1-22(2,3)26-30(27,28)20-14-9-8-11-18(20)17-25-21(23-4)24-15-10-16-29-19-12-6-5-7-13-19;/h5-9,11-14,26H,10,15-17H2,1-4H3,(H2,23,24,25);1H. The summed E-state index contributed by atoms with van der Waals surface area (Å²) < 4.78 is 33.9. The molecule has 0 radical (unpaired) electrons. The van der Waals surface area contributed by atoms with Gasteiger partial charge in [-0.25, -0.2) is 13.1 Å². The van der Waals surface area contributed by atoms with E-state index >= 15 is 0 Å². The van der Waals surface area contributed by atoms with Crippen LogP contribution in [0, 0.1) is 0 Å². The summed E-state index contributed by atoms with van der Waals surface area (Å²) in [5.74, 6) is 1.45. The Kier molecular flexibility index (Phi) is 11.3. The molecule has 0 saturated carbocycles. The normalized spacial score (nSPS) is 12.1. The van der Waals surface area contributed by atoms with Gasteiger partial charge in [-0.1, -0.05) is 36.4 Å². The Labute approximate surface area is 203 Å². The highest BCUT2D eigenvalue weighted by molar-refractivity contribution is 14.0. The maximum atomic E-state index is 12.7. The van der Waals surface area contributed by atoms with Crippen molar-refractivity contribution in [3.63, 3.8) is 0 Å². The van der Waals surface area contributed by atoms with E-state index in [1.807, 2.05) is 57.2 Å². The van der Waals surface area contributed by atoms with E-state index in [2.05, 4.69) is 20.3 Å². The molecule has 2 aromatic rings. The summed E-state index contributed by atoms with van der Waals surface area (Å²) in [6, 6.07) is 16.6. The van der Waals surface area contributed by atoms with Gasteiger partial charge >= 0.3 is 0 Å². The van der Waals surface area contributed by atoms with Crippen molar-refractivity contribution in [2.75, 3.05) is 20.2 Å². The summed E-state index contributed by atoms with van der Waals surface area (Å²) >= 11 is 0. The number of para-hydroxylation sites is 1. The fourth-order valence-electron chi connectivity index (χ4n) is 2.76. The van der Waals surface area contributed by atoms with Crippen molar-refractivity contribution < 1.29 is 13.2 Å². The summed E-state index contributed by atoms with van der Waals surface area (Å²) in [5.41, 5.74) is 0.114. The van der Waals surface area contributed by atoms with E-state index in [4.69, 9.17) is 4.74 Å². The van der Waals surface area contributed by atoms with Crippen LogP contribution in [-0.2, 0) is 16.6 Å². The van der Waals surface area contributed by atoms with Crippen LogP contribution in [0.3, 0.4) is 0 Å². The summed E-state index contributed by atoms with van der Waals surface area (Å²) in [5, 5.41) is 6.39. The second-order valence-corrected chi connectivity index (χ2v) is 9.48. The second kappa shape index (κ2) is 12.9. The summed E-state index contributed by atoms with van der Waals surface area (Å²) in [7, 11) is -1.94. The maximum absolute atomic E-state index is 12.7. The zero-order valence-corrected chi connectivity index (χ0v) is 21.7. The number of halogens is 1. The number of hydrogen-bond acceptors (Lipinski definition) is 4.